The number of sulfonamides is 1. The van der Waals surface area contributed by atoms with Crippen LogP contribution in [-0.4, -0.2) is 13.4 Å². The molecule has 2 aromatic rings. The van der Waals surface area contributed by atoms with Crippen LogP contribution in [0.2, 0.25) is 0 Å². The maximum absolute atomic E-state index is 12.3. The first-order valence-corrected chi connectivity index (χ1v) is 8.28. The molecule has 6 heteroatoms. The number of nitrogens with zero attached hydrogens (tertiary/aromatic N) is 1. The molecule has 0 saturated carbocycles. The summed E-state index contributed by atoms with van der Waals surface area (Å²) in [5.74, 6) is 0. The zero-order valence-electron chi connectivity index (χ0n) is 11.8. The summed E-state index contributed by atoms with van der Waals surface area (Å²) in [4.78, 5) is 4.59. The first kappa shape index (κ1) is 14.2. The fraction of sp³-hybridized carbons (Fsp3) is 0.267. The van der Waals surface area contributed by atoms with E-state index in [0.29, 0.717) is 10.6 Å². The molecule has 1 aliphatic rings. The van der Waals surface area contributed by atoms with E-state index in [1.54, 1.807) is 12.1 Å². The lowest BCUT2D eigenvalue weighted by Crippen LogP contribution is -2.24. The summed E-state index contributed by atoms with van der Waals surface area (Å²) in [6.07, 6.45) is 0. The summed E-state index contributed by atoms with van der Waals surface area (Å²) < 4.78 is 27.3. The standard InChI is InChI=1S/C15H17N3O2S/c1-11-3-2-4-14(18-11)10-17-21(19,20)15-6-5-12-8-16-9-13(12)7-15/h2-7,16-17H,8-10H2,1H3. The quantitative estimate of drug-likeness (QED) is 0.897. The van der Waals surface area contributed by atoms with Gasteiger partial charge < -0.3 is 5.32 Å². The SMILES string of the molecule is Cc1cccc(CNS(=O)(=O)c2ccc3c(c2)CNC3)n1. The average molecular weight is 303 g/mol. The van der Waals surface area contributed by atoms with E-state index in [1.807, 2.05) is 31.2 Å². The number of aromatic nitrogens is 1. The van der Waals surface area contributed by atoms with Crippen LogP contribution in [0.3, 0.4) is 0 Å². The summed E-state index contributed by atoms with van der Waals surface area (Å²) in [5.41, 5.74) is 3.79. The van der Waals surface area contributed by atoms with E-state index >= 15 is 0 Å². The van der Waals surface area contributed by atoms with Gasteiger partial charge in [0.05, 0.1) is 17.1 Å². The van der Waals surface area contributed by atoms with Gasteiger partial charge in [0.1, 0.15) is 0 Å². The van der Waals surface area contributed by atoms with Crippen LogP contribution in [0.5, 0.6) is 0 Å². The Balaban J connectivity index is 1.78. The van der Waals surface area contributed by atoms with Crippen molar-refractivity contribution in [3.8, 4) is 0 Å². The molecule has 0 aliphatic carbocycles. The smallest absolute Gasteiger partial charge is 0.240 e. The van der Waals surface area contributed by atoms with Gasteiger partial charge >= 0.3 is 0 Å². The minimum atomic E-state index is -3.51. The number of fused-ring (bicyclic) bond motifs is 1. The molecule has 0 bridgehead atoms. The van der Waals surface area contributed by atoms with Crippen LogP contribution in [0.4, 0.5) is 0 Å². The van der Waals surface area contributed by atoms with Gasteiger partial charge in [-0.2, -0.15) is 0 Å². The van der Waals surface area contributed by atoms with Gasteiger partial charge in [-0.05, 0) is 42.3 Å². The van der Waals surface area contributed by atoms with Crippen molar-refractivity contribution in [2.24, 2.45) is 0 Å². The van der Waals surface area contributed by atoms with Gasteiger partial charge in [-0.3, -0.25) is 4.98 Å². The molecular formula is C15H17N3O2S. The number of rotatable bonds is 4. The molecule has 0 atom stereocenters. The normalized spacial score (nSPS) is 14.1. The third kappa shape index (κ3) is 3.12. The molecule has 0 radical (unpaired) electrons. The fourth-order valence-electron chi connectivity index (χ4n) is 2.39. The summed E-state index contributed by atoms with van der Waals surface area (Å²) >= 11 is 0. The lowest BCUT2D eigenvalue weighted by Gasteiger charge is -2.08. The molecule has 110 valence electrons. The van der Waals surface area contributed by atoms with Crippen molar-refractivity contribution in [3.63, 3.8) is 0 Å². The average Bonchev–Trinajstić information content (AvgIpc) is 2.93. The second-order valence-electron chi connectivity index (χ2n) is 5.13. The molecule has 1 aromatic heterocycles. The van der Waals surface area contributed by atoms with Crippen molar-refractivity contribution in [3.05, 3.63) is 58.9 Å². The van der Waals surface area contributed by atoms with Crippen LogP contribution in [0.1, 0.15) is 22.5 Å². The van der Waals surface area contributed by atoms with Crippen molar-refractivity contribution >= 4 is 10.0 Å². The Morgan fingerprint density at radius 1 is 1.19 bits per heavy atom. The number of aryl methyl sites for hydroxylation is 1. The molecule has 0 spiro atoms. The summed E-state index contributed by atoms with van der Waals surface area (Å²) in [7, 11) is -3.51. The van der Waals surface area contributed by atoms with E-state index in [0.717, 1.165) is 29.9 Å². The second-order valence-corrected chi connectivity index (χ2v) is 6.90. The van der Waals surface area contributed by atoms with Crippen LogP contribution < -0.4 is 10.0 Å². The Morgan fingerprint density at radius 2 is 2.00 bits per heavy atom. The van der Waals surface area contributed by atoms with Gasteiger partial charge in [-0.15, -0.1) is 0 Å². The highest BCUT2D eigenvalue weighted by Gasteiger charge is 2.18. The van der Waals surface area contributed by atoms with Gasteiger partial charge in [-0.25, -0.2) is 13.1 Å². The fourth-order valence-corrected chi connectivity index (χ4v) is 3.44. The lowest BCUT2D eigenvalue weighted by atomic mass is 10.1. The van der Waals surface area contributed by atoms with Crippen molar-refractivity contribution in [1.29, 1.82) is 0 Å². The molecule has 1 aromatic carbocycles. The molecule has 2 N–H and O–H groups in total. The van der Waals surface area contributed by atoms with Crippen LogP contribution in [-0.2, 0) is 29.7 Å². The predicted molar refractivity (Wildman–Crippen MR) is 80.0 cm³/mol. The van der Waals surface area contributed by atoms with Gasteiger partial charge in [-0.1, -0.05) is 12.1 Å². The Hall–Kier alpha value is -1.76. The second kappa shape index (κ2) is 5.55. The highest BCUT2D eigenvalue weighted by atomic mass is 32.2. The molecule has 3 rings (SSSR count). The van der Waals surface area contributed by atoms with Crippen LogP contribution in [0.15, 0.2) is 41.3 Å². The van der Waals surface area contributed by atoms with Crippen LogP contribution >= 0.6 is 0 Å². The van der Waals surface area contributed by atoms with Crippen molar-refractivity contribution in [2.45, 2.75) is 31.5 Å². The summed E-state index contributed by atoms with van der Waals surface area (Å²) in [6.45, 7) is 3.60. The Labute approximate surface area is 124 Å². The van der Waals surface area contributed by atoms with Crippen molar-refractivity contribution < 1.29 is 8.42 Å². The number of pyridine rings is 1. The molecule has 21 heavy (non-hydrogen) atoms. The monoisotopic (exact) mass is 303 g/mol. The Kier molecular flexibility index (Phi) is 3.75. The molecule has 0 fully saturated rings. The number of nitrogens with one attached hydrogen (secondary N) is 2. The topological polar surface area (TPSA) is 71.1 Å². The zero-order chi connectivity index (χ0) is 14.9. The summed E-state index contributed by atoms with van der Waals surface area (Å²) in [6, 6.07) is 10.8. The lowest BCUT2D eigenvalue weighted by molar-refractivity contribution is 0.580. The van der Waals surface area contributed by atoms with E-state index in [4.69, 9.17) is 0 Å². The highest BCUT2D eigenvalue weighted by molar-refractivity contribution is 7.89. The van der Waals surface area contributed by atoms with Gasteiger partial charge in [0.2, 0.25) is 10.0 Å². The summed E-state index contributed by atoms with van der Waals surface area (Å²) in [5, 5.41) is 3.21. The first-order chi connectivity index (χ1) is 10.0. The number of benzene rings is 1. The maximum Gasteiger partial charge on any atom is 0.240 e. The van der Waals surface area contributed by atoms with Crippen LogP contribution in [0.25, 0.3) is 0 Å². The Morgan fingerprint density at radius 3 is 2.81 bits per heavy atom. The molecule has 1 aliphatic heterocycles. The van der Waals surface area contributed by atoms with E-state index < -0.39 is 10.0 Å². The first-order valence-electron chi connectivity index (χ1n) is 6.79. The van der Waals surface area contributed by atoms with Gasteiger partial charge in [0.25, 0.3) is 0 Å². The van der Waals surface area contributed by atoms with E-state index in [-0.39, 0.29) is 6.54 Å². The molecule has 0 amide bonds. The Bertz CT molecular complexity index is 772. The van der Waals surface area contributed by atoms with Crippen LogP contribution in [0, 0.1) is 6.92 Å². The van der Waals surface area contributed by atoms with E-state index in [9.17, 15) is 8.42 Å². The molecule has 5 nitrogen and oxygen atoms in total. The van der Waals surface area contributed by atoms with E-state index in [2.05, 4.69) is 15.0 Å². The maximum atomic E-state index is 12.3. The zero-order valence-corrected chi connectivity index (χ0v) is 12.6. The van der Waals surface area contributed by atoms with Gasteiger partial charge in [0, 0.05) is 18.8 Å². The molecule has 2 heterocycles. The minimum Gasteiger partial charge on any atom is -0.309 e. The largest absolute Gasteiger partial charge is 0.309 e. The molecule has 0 saturated heterocycles. The number of hydrogen-bond donors (Lipinski definition) is 2. The molecular weight excluding hydrogens is 286 g/mol. The van der Waals surface area contributed by atoms with Crippen molar-refractivity contribution in [1.82, 2.24) is 15.0 Å². The van der Waals surface area contributed by atoms with E-state index in [1.165, 1.54) is 0 Å². The van der Waals surface area contributed by atoms with Gasteiger partial charge in [0.15, 0.2) is 0 Å². The molecule has 0 unspecified atom stereocenters. The highest BCUT2D eigenvalue weighted by Crippen LogP contribution is 2.20. The third-order valence-electron chi connectivity index (χ3n) is 3.51. The predicted octanol–water partition coefficient (Wildman–Crippen LogP) is 1.47. The third-order valence-corrected chi connectivity index (χ3v) is 4.91. The van der Waals surface area contributed by atoms with Crippen molar-refractivity contribution in [2.75, 3.05) is 0 Å². The number of hydrogen-bond acceptors (Lipinski definition) is 4. The minimum absolute atomic E-state index is 0.194.